The molecular weight excluding hydrogens is 409 g/mol. The number of ether oxygens (including phenoxy) is 1. The molecule has 4 rings (SSSR count). The van der Waals surface area contributed by atoms with Crippen LogP contribution in [0.3, 0.4) is 0 Å². The van der Waals surface area contributed by atoms with Crippen LogP contribution in [0.15, 0.2) is 48.7 Å². The lowest BCUT2D eigenvalue weighted by Gasteiger charge is -2.33. The molecule has 11 heteroatoms. The van der Waals surface area contributed by atoms with Crippen LogP contribution >= 0.6 is 7.82 Å². The highest BCUT2D eigenvalue weighted by atomic mass is 31.2. The Morgan fingerprint density at radius 2 is 2.24 bits per heavy atom. The number of carbonyl (C=O) groups excluding carboxylic acids is 1. The predicted molar refractivity (Wildman–Crippen MR) is 96.5 cm³/mol. The van der Waals surface area contributed by atoms with Gasteiger partial charge in [-0.15, -0.1) is 0 Å². The van der Waals surface area contributed by atoms with Gasteiger partial charge in [0.15, 0.2) is 0 Å². The molecule has 8 nitrogen and oxygen atoms in total. The lowest BCUT2D eigenvalue weighted by atomic mass is 10.0. The Hall–Kier alpha value is -2.26. The summed E-state index contributed by atoms with van der Waals surface area (Å²) < 4.78 is 60.9. The molecule has 3 aliphatic heterocycles. The molecule has 0 aromatic heterocycles. The Bertz CT molecular complexity index is 906. The van der Waals surface area contributed by atoms with Crippen LogP contribution in [0.2, 0.25) is 0 Å². The topological polar surface area (TPSA) is 86.3 Å². The van der Waals surface area contributed by atoms with Crippen molar-refractivity contribution in [2.75, 3.05) is 13.3 Å². The third kappa shape index (κ3) is 4.51. The van der Waals surface area contributed by atoms with E-state index in [0.29, 0.717) is 23.8 Å². The first-order valence-electron chi connectivity index (χ1n) is 8.97. The summed E-state index contributed by atoms with van der Waals surface area (Å²) in [6.07, 6.45) is 1.64. The number of amides is 1. The third-order valence-corrected chi connectivity index (χ3v) is 6.12. The van der Waals surface area contributed by atoms with E-state index in [2.05, 4.69) is 5.32 Å². The van der Waals surface area contributed by atoms with E-state index in [4.69, 9.17) is 18.3 Å². The lowest BCUT2D eigenvalue weighted by Crippen LogP contribution is -2.45. The van der Waals surface area contributed by atoms with Crippen LogP contribution in [0.25, 0.3) is 0 Å². The highest BCUT2D eigenvalue weighted by Crippen LogP contribution is 2.55. The fourth-order valence-electron chi connectivity index (χ4n) is 3.34. The summed E-state index contributed by atoms with van der Waals surface area (Å²) in [5.41, 5.74) is -0.789. The van der Waals surface area contributed by atoms with Crippen molar-refractivity contribution in [2.45, 2.75) is 31.3 Å². The molecule has 0 saturated carbocycles. The molecule has 1 fully saturated rings. The molecule has 1 aromatic carbocycles. The largest absolute Gasteiger partial charge is 0.530 e. The zero-order valence-corrected chi connectivity index (χ0v) is 16.1. The first kappa shape index (κ1) is 20.0. The molecule has 0 radical (unpaired) electrons. The van der Waals surface area contributed by atoms with Crippen molar-refractivity contribution in [2.24, 2.45) is 0 Å². The highest BCUT2D eigenvalue weighted by Gasteiger charge is 2.45. The SMILES string of the molecule is O=C1C=CN([C@H]2CC[C@@](C=C(F)F)(COP3(=O)OCc4ccccc4O3)O2)CN1. The summed E-state index contributed by atoms with van der Waals surface area (Å²) in [7, 11) is -3.98. The number of para-hydroxylation sites is 1. The maximum absolute atomic E-state index is 13.1. The Morgan fingerprint density at radius 1 is 1.41 bits per heavy atom. The minimum Gasteiger partial charge on any atom is -0.404 e. The van der Waals surface area contributed by atoms with Crippen molar-refractivity contribution in [1.29, 1.82) is 0 Å². The van der Waals surface area contributed by atoms with Gasteiger partial charge in [-0.3, -0.25) is 13.8 Å². The second-order valence-electron chi connectivity index (χ2n) is 6.83. The van der Waals surface area contributed by atoms with Gasteiger partial charge in [-0.2, -0.15) is 8.78 Å². The van der Waals surface area contributed by atoms with Gasteiger partial charge in [-0.25, -0.2) is 4.57 Å². The number of nitrogens with one attached hydrogen (secondary N) is 1. The molecule has 0 spiro atoms. The van der Waals surface area contributed by atoms with E-state index in [1.54, 1.807) is 35.4 Å². The summed E-state index contributed by atoms with van der Waals surface area (Å²) in [5, 5.41) is 2.62. The Morgan fingerprint density at radius 3 is 3.00 bits per heavy atom. The quantitative estimate of drug-likeness (QED) is 0.721. The van der Waals surface area contributed by atoms with Crippen molar-refractivity contribution < 1.29 is 36.4 Å². The molecule has 3 heterocycles. The molecule has 1 aromatic rings. The number of carbonyl (C=O) groups is 1. The van der Waals surface area contributed by atoms with Crippen molar-refractivity contribution >= 4 is 13.7 Å². The fraction of sp³-hybridized carbons (Fsp3) is 0.389. The van der Waals surface area contributed by atoms with E-state index >= 15 is 0 Å². The standard InChI is InChI=1S/C18H19F2N2O6P/c19-15(20)9-18(7-5-17(27-18)22-8-6-16(23)21-12-22)11-26-29(24)25-10-13-3-1-2-4-14(13)28-29/h1-4,6,8-9,17H,5,7,10-12H2,(H,21,23)/t17-,18-,29?/m1/s1. The van der Waals surface area contributed by atoms with E-state index < -0.39 is 32.3 Å². The van der Waals surface area contributed by atoms with Crippen LogP contribution in [-0.4, -0.2) is 35.9 Å². The molecule has 3 atom stereocenters. The van der Waals surface area contributed by atoms with E-state index in [-0.39, 0.29) is 25.6 Å². The van der Waals surface area contributed by atoms with Crippen molar-refractivity contribution in [1.82, 2.24) is 10.2 Å². The number of benzene rings is 1. The van der Waals surface area contributed by atoms with Gasteiger partial charge in [0.25, 0.3) is 6.08 Å². The van der Waals surface area contributed by atoms with Crippen LogP contribution < -0.4 is 9.84 Å². The molecular formula is C18H19F2N2O6P. The molecule has 0 aliphatic carbocycles. The first-order chi connectivity index (χ1) is 13.9. The van der Waals surface area contributed by atoms with Crippen molar-refractivity contribution in [3.05, 3.63) is 54.3 Å². The smallest absolute Gasteiger partial charge is 0.404 e. The Kier molecular flexibility index (Phi) is 5.44. The summed E-state index contributed by atoms with van der Waals surface area (Å²) in [6.45, 7) is -0.222. The van der Waals surface area contributed by atoms with E-state index in [0.717, 1.165) is 0 Å². The van der Waals surface area contributed by atoms with Gasteiger partial charge in [-0.05, 0) is 18.9 Å². The summed E-state index contributed by atoms with van der Waals surface area (Å²) >= 11 is 0. The number of fused-ring (bicyclic) bond motifs is 1. The molecule has 3 aliphatic rings. The highest BCUT2D eigenvalue weighted by molar-refractivity contribution is 7.49. The second-order valence-corrected chi connectivity index (χ2v) is 8.43. The van der Waals surface area contributed by atoms with Gasteiger partial charge in [-0.1, -0.05) is 18.2 Å². The monoisotopic (exact) mass is 428 g/mol. The maximum Gasteiger partial charge on any atom is 0.530 e. The number of rotatable bonds is 5. The van der Waals surface area contributed by atoms with Crippen molar-refractivity contribution in [3.8, 4) is 5.75 Å². The number of phosphoric acid groups is 1. The zero-order valence-electron chi connectivity index (χ0n) is 15.3. The van der Waals surface area contributed by atoms with Gasteiger partial charge in [0.2, 0.25) is 5.91 Å². The third-order valence-electron chi connectivity index (χ3n) is 4.81. The number of nitrogens with zero attached hydrogens (tertiary/aromatic N) is 1. The molecule has 29 heavy (non-hydrogen) atoms. The number of hydrogen-bond acceptors (Lipinski definition) is 7. The number of phosphoric ester groups is 1. The zero-order chi connectivity index (χ0) is 20.5. The Balaban J connectivity index is 1.46. The van der Waals surface area contributed by atoms with Crippen LogP contribution in [0, 0.1) is 0 Å². The maximum atomic E-state index is 13.1. The van der Waals surface area contributed by atoms with Gasteiger partial charge in [0.05, 0.1) is 19.9 Å². The van der Waals surface area contributed by atoms with Crippen LogP contribution in [0.4, 0.5) is 8.78 Å². The average molecular weight is 428 g/mol. The van der Waals surface area contributed by atoms with E-state index in [9.17, 15) is 18.1 Å². The minimum absolute atomic E-state index is 0.0233. The number of halogens is 2. The summed E-state index contributed by atoms with van der Waals surface area (Å²) in [6, 6.07) is 6.89. The predicted octanol–water partition coefficient (Wildman–Crippen LogP) is 3.28. The van der Waals surface area contributed by atoms with E-state index in [1.807, 2.05) is 0 Å². The van der Waals surface area contributed by atoms with Crippen LogP contribution in [-0.2, 0) is 29.8 Å². The molecule has 1 amide bonds. The Labute approximate surface area is 165 Å². The molecule has 0 bridgehead atoms. The molecule has 1 saturated heterocycles. The van der Waals surface area contributed by atoms with E-state index in [1.165, 1.54) is 6.08 Å². The minimum atomic E-state index is -3.98. The van der Waals surface area contributed by atoms with Crippen molar-refractivity contribution in [3.63, 3.8) is 0 Å². The second kappa shape index (κ2) is 7.87. The van der Waals surface area contributed by atoms with Gasteiger partial charge < -0.3 is 19.5 Å². The van der Waals surface area contributed by atoms with Gasteiger partial charge >= 0.3 is 7.82 Å². The van der Waals surface area contributed by atoms with Gasteiger partial charge in [0.1, 0.15) is 17.6 Å². The number of hydrogen-bond donors (Lipinski definition) is 1. The normalized spacial score (nSPS) is 31.0. The van der Waals surface area contributed by atoms with Crippen LogP contribution in [0.1, 0.15) is 18.4 Å². The van der Waals surface area contributed by atoms with Gasteiger partial charge in [0, 0.05) is 23.9 Å². The molecule has 1 unspecified atom stereocenters. The van der Waals surface area contributed by atoms with Crippen LogP contribution in [0.5, 0.6) is 5.75 Å². The lowest BCUT2D eigenvalue weighted by molar-refractivity contribution is -0.121. The summed E-state index contributed by atoms with van der Waals surface area (Å²) in [5.74, 6) is 0.122. The average Bonchev–Trinajstić information content (AvgIpc) is 3.11. The molecule has 1 N–H and O–H groups in total. The fourth-order valence-corrected chi connectivity index (χ4v) is 4.62. The first-order valence-corrected chi connectivity index (χ1v) is 10.4. The summed E-state index contributed by atoms with van der Waals surface area (Å²) in [4.78, 5) is 12.9. The molecule has 156 valence electrons.